The molecule has 0 aromatic rings. The molecule has 0 atom stereocenters. The van der Waals surface area contributed by atoms with Gasteiger partial charge >= 0.3 is 0 Å². The molecule has 1 aliphatic rings. The molecule has 0 saturated heterocycles. The van der Waals surface area contributed by atoms with Gasteiger partial charge in [-0.25, -0.2) is 0 Å². The molecule has 2 heteroatoms. The minimum absolute atomic E-state index is 0.213. The minimum atomic E-state index is -1.42. The fourth-order valence-electron chi connectivity index (χ4n) is 2.35. The molecule has 0 aromatic carbocycles. The van der Waals surface area contributed by atoms with Crippen molar-refractivity contribution < 1.29 is 0 Å². The van der Waals surface area contributed by atoms with E-state index in [-0.39, 0.29) is 11.0 Å². The third-order valence-corrected chi connectivity index (χ3v) is 6.44. The average Bonchev–Trinajstić information content (AvgIpc) is 1.98. The molecule has 0 aromatic heterocycles. The van der Waals surface area contributed by atoms with Gasteiger partial charge in [0.15, 0.2) is 0 Å². The third-order valence-electron chi connectivity index (χ3n) is 3.00. The zero-order valence-corrected chi connectivity index (χ0v) is 12.9. The van der Waals surface area contributed by atoms with Crippen LogP contribution in [0, 0.1) is 5.41 Å². The van der Waals surface area contributed by atoms with Crippen LogP contribution >= 0.6 is 0 Å². The third kappa shape index (κ3) is 3.91. The van der Waals surface area contributed by atoms with Gasteiger partial charge in [-0.1, -0.05) is 51.2 Å². The van der Waals surface area contributed by atoms with E-state index >= 15 is 0 Å². The molecule has 0 aliphatic heterocycles. The van der Waals surface area contributed by atoms with Crippen molar-refractivity contribution in [1.29, 1.82) is 0 Å². The Balaban J connectivity index is 2.76. The largest absolute Gasteiger partial charge is 0.332 e. The maximum Gasteiger partial charge on any atom is 0.130 e. The van der Waals surface area contributed by atoms with Gasteiger partial charge in [0.05, 0.1) is 0 Å². The van der Waals surface area contributed by atoms with Crippen LogP contribution in [0.25, 0.3) is 0 Å². The molecule has 92 valence electrons. The van der Waals surface area contributed by atoms with E-state index in [0.29, 0.717) is 5.54 Å². The van der Waals surface area contributed by atoms with Crippen LogP contribution in [0.4, 0.5) is 0 Å². The first kappa shape index (κ1) is 13.7. The SMILES string of the molecule is CC1(C)C=CC([Si](C)(C)NC(C)(C)C)C=C1. The highest BCUT2D eigenvalue weighted by Crippen LogP contribution is 2.33. The summed E-state index contributed by atoms with van der Waals surface area (Å²) >= 11 is 0. The van der Waals surface area contributed by atoms with Gasteiger partial charge < -0.3 is 4.98 Å². The number of nitrogens with one attached hydrogen (secondary N) is 1. The monoisotopic (exact) mass is 237 g/mol. The normalized spacial score (nSPS) is 21.4. The van der Waals surface area contributed by atoms with E-state index in [2.05, 4.69) is 77.0 Å². The van der Waals surface area contributed by atoms with Gasteiger partial charge in [0.1, 0.15) is 8.24 Å². The predicted molar refractivity (Wildman–Crippen MR) is 76.2 cm³/mol. The van der Waals surface area contributed by atoms with E-state index < -0.39 is 8.24 Å². The lowest BCUT2D eigenvalue weighted by Gasteiger charge is -2.38. The number of allylic oxidation sites excluding steroid dienone is 4. The summed E-state index contributed by atoms with van der Waals surface area (Å²) in [5, 5.41) is 0. The van der Waals surface area contributed by atoms with Crippen molar-refractivity contribution in [2.75, 3.05) is 0 Å². The highest BCUT2D eigenvalue weighted by molar-refractivity contribution is 6.77. The molecule has 1 N–H and O–H groups in total. The fourth-order valence-corrected chi connectivity index (χ4v) is 5.61. The second kappa shape index (κ2) is 4.15. The minimum Gasteiger partial charge on any atom is -0.332 e. The molecule has 1 aliphatic carbocycles. The van der Waals surface area contributed by atoms with E-state index in [4.69, 9.17) is 0 Å². The van der Waals surface area contributed by atoms with Crippen LogP contribution < -0.4 is 4.98 Å². The van der Waals surface area contributed by atoms with Crippen LogP contribution in [-0.2, 0) is 0 Å². The average molecular weight is 237 g/mol. The summed E-state index contributed by atoms with van der Waals surface area (Å²) in [6.07, 6.45) is 9.48. The van der Waals surface area contributed by atoms with Crippen molar-refractivity contribution in [1.82, 2.24) is 4.98 Å². The van der Waals surface area contributed by atoms with Gasteiger partial charge in [0.25, 0.3) is 0 Å². The van der Waals surface area contributed by atoms with Crippen LogP contribution in [0.1, 0.15) is 34.6 Å². The lowest BCUT2D eigenvalue weighted by molar-refractivity contribution is 0.509. The highest BCUT2D eigenvalue weighted by Gasteiger charge is 2.34. The number of hydrogen-bond acceptors (Lipinski definition) is 1. The van der Waals surface area contributed by atoms with Crippen LogP contribution in [0.5, 0.6) is 0 Å². The summed E-state index contributed by atoms with van der Waals surface area (Å²) in [5.41, 5.74) is 1.06. The van der Waals surface area contributed by atoms with E-state index in [1.165, 1.54) is 0 Å². The van der Waals surface area contributed by atoms with E-state index in [0.717, 1.165) is 0 Å². The quantitative estimate of drug-likeness (QED) is 0.563. The molecule has 0 spiro atoms. The molecule has 0 bridgehead atoms. The summed E-state index contributed by atoms with van der Waals surface area (Å²) in [6, 6.07) is 0. The van der Waals surface area contributed by atoms with Gasteiger partial charge in [0.2, 0.25) is 0 Å². The first-order valence-electron chi connectivity index (χ1n) is 6.20. The molecule has 0 unspecified atom stereocenters. The summed E-state index contributed by atoms with van der Waals surface area (Å²) < 4.78 is 0. The maximum atomic E-state index is 3.83. The van der Waals surface area contributed by atoms with Crippen molar-refractivity contribution >= 4 is 8.24 Å². The summed E-state index contributed by atoms with van der Waals surface area (Å²) in [5.74, 6) is 0. The molecule has 0 fully saturated rings. The summed E-state index contributed by atoms with van der Waals surface area (Å²) in [7, 11) is -1.42. The van der Waals surface area contributed by atoms with Gasteiger partial charge in [-0.2, -0.15) is 0 Å². The van der Waals surface area contributed by atoms with Crippen LogP contribution in [-0.4, -0.2) is 13.8 Å². The summed E-state index contributed by atoms with van der Waals surface area (Å²) in [4.78, 5) is 3.83. The van der Waals surface area contributed by atoms with Crippen LogP contribution in [0.2, 0.25) is 18.6 Å². The maximum absolute atomic E-state index is 3.83. The lowest BCUT2D eigenvalue weighted by Crippen LogP contribution is -2.56. The van der Waals surface area contributed by atoms with E-state index in [1.807, 2.05) is 0 Å². The van der Waals surface area contributed by atoms with Gasteiger partial charge in [-0.05, 0) is 20.8 Å². The number of hydrogen-bond donors (Lipinski definition) is 1. The molecule has 0 radical (unpaired) electrons. The first-order chi connectivity index (χ1) is 7.02. The van der Waals surface area contributed by atoms with Crippen molar-refractivity contribution in [3.63, 3.8) is 0 Å². The Morgan fingerprint density at radius 1 is 1.06 bits per heavy atom. The molecule has 16 heavy (non-hydrogen) atoms. The number of rotatable bonds is 2. The first-order valence-corrected chi connectivity index (χ1v) is 9.28. The molecular formula is C14H27NSi. The molecular weight excluding hydrogens is 210 g/mol. The highest BCUT2D eigenvalue weighted by atomic mass is 28.3. The Morgan fingerprint density at radius 2 is 1.50 bits per heavy atom. The summed E-state index contributed by atoms with van der Waals surface area (Å²) in [6.45, 7) is 16.1. The second-order valence-corrected chi connectivity index (χ2v) is 11.5. The lowest BCUT2D eigenvalue weighted by atomic mass is 9.89. The van der Waals surface area contributed by atoms with E-state index in [1.54, 1.807) is 0 Å². The Labute approximate surface area is 102 Å². The Morgan fingerprint density at radius 3 is 1.88 bits per heavy atom. The smallest absolute Gasteiger partial charge is 0.130 e. The zero-order chi connectivity index (χ0) is 12.6. The zero-order valence-electron chi connectivity index (χ0n) is 11.9. The van der Waals surface area contributed by atoms with Crippen LogP contribution in [0.3, 0.4) is 0 Å². The topological polar surface area (TPSA) is 12.0 Å². The molecule has 0 amide bonds. The standard InChI is InChI=1S/C14H27NSi/c1-13(2,3)15-16(6,7)12-8-10-14(4,5)11-9-12/h8-12,15H,1-7H3. The fraction of sp³-hybridized carbons (Fsp3) is 0.714. The molecule has 0 saturated carbocycles. The van der Waals surface area contributed by atoms with Crippen molar-refractivity contribution in [2.24, 2.45) is 5.41 Å². The van der Waals surface area contributed by atoms with Crippen molar-refractivity contribution in [3.8, 4) is 0 Å². The van der Waals surface area contributed by atoms with E-state index in [9.17, 15) is 0 Å². The van der Waals surface area contributed by atoms with Crippen molar-refractivity contribution in [2.45, 2.75) is 58.8 Å². The second-order valence-electron chi connectivity index (χ2n) is 7.16. The Kier molecular flexibility index (Phi) is 3.56. The van der Waals surface area contributed by atoms with Gasteiger partial charge in [-0.15, -0.1) is 0 Å². The Hall–Kier alpha value is -0.343. The van der Waals surface area contributed by atoms with Crippen LogP contribution in [0.15, 0.2) is 24.3 Å². The van der Waals surface area contributed by atoms with Gasteiger partial charge in [0, 0.05) is 16.5 Å². The molecule has 1 rings (SSSR count). The molecule has 0 heterocycles. The Bertz CT molecular complexity index is 289. The predicted octanol–water partition coefficient (Wildman–Crippen LogP) is 4.10. The molecule has 1 nitrogen and oxygen atoms in total. The van der Waals surface area contributed by atoms with Crippen molar-refractivity contribution in [3.05, 3.63) is 24.3 Å². The van der Waals surface area contributed by atoms with Gasteiger partial charge in [-0.3, -0.25) is 0 Å².